The van der Waals surface area contributed by atoms with E-state index in [9.17, 15) is 39.6 Å². The number of aliphatic hydroxyl groups excluding tert-OH is 3. The zero-order valence-corrected chi connectivity index (χ0v) is 24.4. The average Bonchev–Trinajstić information content (AvgIpc) is 2.77. The minimum Gasteiger partial charge on any atom is -0.548 e. The molecule has 11 nitrogen and oxygen atoms in total. The van der Waals surface area contributed by atoms with E-state index in [1.807, 2.05) is 5.32 Å². The molecule has 0 unspecified atom stereocenters. The molecular weight excluding hydrogens is 481 g/mol. The molecule has 0 bridgehead atoms. The largest absolute Gasteiger partial charge is 1.00 e. The Balaban J connectivity index is 0. The summed E-state index contributed by atoms with van der Waals surface area (Å²) < 4.78 is 0. The normalized spacial score (nSPS) is 15.9. The van der Waals surface area contributed by atoms with E-state index in [0.29, 0.717) is 6.42 Å². The number of rotatable bonds is 19. The van der Waals surface area contributed by atoms with Crippen LogP contribution in [0, 0.1) is 0 Å². The molecule has 0 aliphatic carbocycles. The van der Waals surface area contributed by atoms with Crippen LogP contribution in [-0.2, 0) is 19.2 Å². The Hall–Kier alpha value is -1.24. The molecule has 0 spiro atoms. The number of hydrogen-bond acceptors (Lipinski definition) is 8. The number of carbonyl (C=O) groups excluding carboxylic acids is 4. The van der Waals surface area contributed by atoms with E-state index in [1.54, 1.807) is 0 Å². The summed E-state index contributed by atoms with van der Waals surface area (Å²) in [5.74, 6) is -4.18. The number of carboxylic acid groups (broad SMARTS) is 1. The van der Waals surface area contributed by atoms with Crippen molar-refractivity contribution < 1.29 is 69.2 Å². The number of unbranched alkanes of at least 4 members (excludes halogenated alkanes) is 8. The molecule has 0 aromatic carbocycles. The van der Waals surface area contributed by atoms with Crippen molar-refractivity contribution in [3.05, 3.63) is 0 Å². The number of nitrogens with one attached hydrogen (secondary N) is 3. The van der Waals surface area contributed by atoms with Crippen LogP contribution in [-0.4, -0.2) is 75.4 Å². The van der Waals surface area contributed by atoms with Gasteiger partial charge < -0.3 is 41.2 Å². The van der Waals surface area contributed by atoms with Crippen molar-refractivity contribution in [3.63, 3.8) is 0 Å². The van der Waals surface area contributed by atoms with Crippen molar-refractivity contribution in [1.29, 1.82) is 0 Å². The molecule has 0 fully saturated rings. The van der Waals surface area contributed by atoms with Gasteiger partial charge in [-0.25, -0.2) is 0 Å². The molecular formula is C24H44N3NaO8. The summed E-state index contributed by atoms with van der Waals surface area (Å²) in [5, 5.41) is 47.1. The summed E-state index contributed by atoms with van der Waals surface area (Å²) in [7, 11) is 0. The van der Waals surface area contributed by atoms with Gasteiger partial charge in [0.2, 0.25) is 17.7 Å². The number of hydrogen-bond donors (Lipinski definition) is 6. The van der Waals surface area contributed by atoms with Crippen LogP contribution in [0.15, 0.2) is 0 Å². The summed E-state index contributed by atoms with van der Waals surface area (Å²) in [4.78, 5) is 48.5. The van der Waals surface area contributed by atoms with E-state index in [4.69, 9.17) is 0 Å². The molecule has 6 atom stereocenters. The van der Waals surface area contributed by atoms with Crippen molar-refractivity contribution in [1.82, 2.24) is 16.0 Å². The molecule has 0 heterocycles. The third-order valence-electron chi connectivity index (χ3n) is 5.69. The van der Waals surface area contributed by atoms with Gasteiger partial charge in [-0.3, -0.25) is 14.4 Å². The van der Waals surface area contributed by atoms with Crippen LogP contribution >= 0.6 is 0 Å². The van der Waals surface area contributed by atoms with E-state index >= 15 is 0 Å². The second-order valence-electron chi connectivity index (χ2n) is 9.14. The third kappa shape index (κ3) is 15.8. The Bertz CT molecular complexity index is 661. The first-order chi connectivity index (χ1) is 16.4. The maximum atomic E-state index is 12.7. The SMILES string of the molecule is CCCCCCCCCCCC(=O)N[C@H](C(=O)N[C@H](C(=O)N[C@H](C(=O)[O-])[C@@H](C)O)[C@@H](C)O)[C@@H](C)O.[Na+]. The van der Waals surface area contributed by atoms with Crippen LogP contribution in [0.2, 0.25) is 0 Å². The Labute approximate surface area is 236 Å². The van der Waals surface area contributed by atoms with Crippen LogP contribution < -0.4 is 50.6 Å². The van der Waals surface area contributed by atoms with E-state index in [1.165, 1.54) is 46.0 Å². The van der Waals surface area contributed by atoms with Crippen molar-refractivity contribution in [2.75, 3.05) is 0 Å². The molecule has 0 radical (unpaired) electrons. The quantitative estimate of drug-likeness (QED) is 0.0733. The van der Waals surface area contributed by atoms with Gasteiger partial charge in [0.05, 0.1) is 30.3 Å². The van der Waals surface area contributed by atoms with Crippen LogP contribution in [0.1, 0.15) is 91.9 Å². The molecule has 36 heavy (non-hydrogen) atoms. The molecule has 12 heteroatoms. The van der Waals surface area contributed by atoms with E-state index in [2.05, 4.69) is 17.6 Å². The zero-order valence-electron chi connectivity index (χ0n) is 22.4. The molecule has 3 amide bonds. The molecule has 0 aromatic heterocycles. The summed E-state index contributed by atoms with van der Waals surface area (Å²) >= 11 is 0. The first-order valence-corrected chi connectivity index (χ1v) is 12.6. The summed E-state index contributed by atoms with van der Waals surface area (Å²) in [6, 6.07) is -4.74. The van der Waals surface area contributed by atoms with Gasteiger partial charge in [-0.2, -0.15) is 0 Å². The van der Waals surface area contributed by atoms with Crippen molar-refractivity contribution >= 4 is 23.7 Å². The molecule has 0 saturated carbocycles. The maximum absolute atomic E-state index is 12.7. The van der Waals surface area contributed by atoms with Crippen LogP contribution in [0.25, 0.3) is 0 Å². The summed E-state index contributed by atoms with van der Waals surface area (Å²) in [5.41, 5.74) is 0. The first-order valence-electron chi connectivity index (χ1n) is 12.6. The fraction of sp³-hybridized carbons (Fsp3) is 0.833. The molecule has 0 aliphatic heterocycles. The fourth-order valence-electron chi connectivity index (χ4n) is 3.51. The van der Waals surface area contributed by atoms with Gasteiger partial charge in [0.15, 0.2) is 0 Å². The van der Waals surface area contributed by atoms with Gasteiger partial charge in [0.25, 0.3) is 0 Å². The zero-order chi connectivity index (χ0) is 27.0. The van der Waals surface area contributed by atoms with Crippen molar-refractivity contribution in [3.8, 4) is 0 Å². The van der Waals surface area contributed by atoms with Gasteiger partial charge in [-0.05, 0) is 27.2 Å². The number of amides is 3. The third-order valence-corrected chi connectivity index (χ3v) is 5.69. The van der Waals surface area contributed by atoms with Gasteiger partial charge in [-0.1, -0.05) is 58.3 Å². The van der Waals surface area contributed by atoms with Gasteiger partial charge in [0.1, 0.15) is 12.1 Å². The molecule has 0 aromatic rings. The van der Waals surface area contributed by atoms with Gasteiger partial charge >= 0.3 is 29.6 Å². The van der Waals surface area contributed by atoms with Crippen molar-refractivity contribution in [2.24, 2.45) is 0 Å². The summed E-state index contributed by atoms with van der Waals surface area (Å²) in [6.45, 7) is 5.79. The van der Waals surface area contributed by atoms with Crippen LogP contribution in [0.3, 0.4) is 0 Å². The Morgan fingerprint density at radius 3 is 1.39 bits per heavy atom. The number of carboxylic acids is 1. The molecule has 0 saturated heterocycles. The predicted octanol–water partition coefficient (Wildman–Crippen LogP) is -3.74. The maximum Gasteiger partial charge on any atom is 1.00 e. The second-order valence-corrected chi connectivity index (χ2v) is 9.14. The van der Waals surface area contributed by atoms with E-state index in [-0.39, 0.29) is 36.0 Å². The molecule has 204 valence electrons. The minimum atomic E-state index is -1.76. The number of carbonyl (C=O) groups is 4. The van der Waals surface area contributed by atoms with Gasteiger partial charge in [-0.15, -0.1) is 0 Å². The second kappa shape index (κ2) is 20.8. The fourth-order valence-corrected chi connectivity index (χ4v) is 3.51. The Morgan fingerprint density at radius 1 is 0.639 bits per heavy atom. The van der Waals surface area contributed by atoms with Crippen molar-refractivity contribution in [2.45, 2.75) is 128 Å². The predicted molar refractivity (Wildman–Crippen MR) is 128 cm³/mol. The van der Waals surface area contributed by atoms with Crippen LogP contribution in [0.5, 0.6) is 0 Å². The smallest absolute Gasteiger partial charge is 0.548 e. The van der Waals surface area contributed by atoms with E-state index < -0.39 is 60.1 Å². The molecule has 0 rings (SSSR count). The standard InChI is InChI=1S/C24H45N3O8.Na/c1-5-6-7-8-9-10-11-12-13-14-18(31)25-19(15(2)28)22(32)26-20(16(3)29)23(33)27-21(17(4)30)24(34)35;/h15-17,19-21,28-30H,5-14H2,1-4H3,(H,25,31)(H,26,32)(H,27,33)(H,34,35);/q;+1/p-1/t15-,16-,17-,19+,20+,21+;/m1./s1. The molecule has 0 aliphatic rings. The topological polar surface area (TPSA) is 188 Å². The van der Waals surface area contributed by atoms with E-state index in [0.717, 1.165) is 26.2 Å². The number of aliphatic carboxylic acids is 1. The number of aliphatic hydroxyl groups is 3. The first kappa shape index (κ1) is 36.9. The Kier molecular flexibility index (Phi) is 21.3. The summed E-state index contributed by atoms with van der Waals surface area (Å²) in [6.07, 6.45) is 5.69. The monoisotopic (exact) mass is 525 g/mol. The van der Waals surface area contributed by atoms with Gasteiger partial charge in [0, 0.05) is 6.42 Å². The van der Waals surface area contributed by atoms with Crippen LogP contribution in [0.4, 0.5) is 0 Å². The average molecular weight is 526 g/mol. The Morgan fingerprint density at radius 2 is 1.00 bits per heavy atom. The minimum absolute atomic E-state index is 0. The molecule has 6 N–H and O–H groups in total.